The maximum atomic E-state index is 13.1. The average Bonchev–Trinajstić information content (AvgIpc) is 2.75. The van der Waals surface area contributed by atoms with E-state index in [1.807, 2.05) is 29.2 Å². The Labute approximate surface area is 168 Å². The van der Waals surface area contributed by atoms with Gasteiger partial charge < -0.3 is 10.2 Å². The van der Waals surface area contributed by atoms with E-state index < -0.39 is 15.8 Å². The molecule has 1 N–H and O–H groups in total. The van der Waals surface area contributed by atoms with Crippen LogP contribution in [0, 0.1) is 5.82 Å². The molecular formula is C19H19FN6O2S. The number of piperazine rings is 1. The zero-order chi connectivity index (χ0) is 20.3. The summed E-state index contributed by atoms with van der Waals surface area (Å²) in [6.45, 7) is 1.61. The summed E-state index contributed by atoms with van der Waals surface area (Å²) in [5, 5.41) is 11.5. The Bertz CT molecular complexity index is 1050. The van der Waals surface area contributed by atoms with Gasteiger partial charge in [0, 0.05) is 32.4 Å². The van der Waals surface area contributed by atoms with Gasteiger partial charge in [0.05, 0.1) is 16.8 Å². The number of halogens is 1. The van der Waals surface area contributed by atoms with Crippen molar-refractivity contribution in [3.63, 3.8) is 0 Å². The van der Waals surface area contributed by atoms with Crippen molar-refractivity contribution in [2.75, 3.05) is 36.4 Å². The maximum absolute atomic E-state index is 13.1. The molecule has 3 heterocycles. The summed E-state index contributed by atoms with van der Waals surface area (Å²) in [5.74, 6) is 0.814. The molecular weight excluding hydrogens is 395 g/mol. The van der Waals surface area contributed by atoms with Crippen molar-refractivity contribution in [2.45, 2.75) is 4.90 Å². The lowest BCUT2D eigenvalue weighted by atomic mass is 10.3. The summed E-state index contributed by atoms with van der Waals surface area (Å²) in [6.07, 6.45) is 3.38. The van der Waals surface area contributed by atoms with Crippen LogP contribution in [0.2, 0.25) is 0 Å². The fraction of sp³-hybridized carbons (Fsp3) is 0.211. The quantitative estimate of drug-likeness (QED) is 0.685. The molecule has 2 aromatic heterocycles. The standard InChI is InChI=1S/C19H19FN6O2S/c20-15-3-5-17(6-4-15)29(27,28)26-12-10-25(11-13-26)19-8-7-18(23-24-19)22-16-2-1-9-21-14-16/h1-9,14H,10-13H2,(H,22,23). The third-order valence-corrected chi connectivity index (χ3v) is 6.51. The fourth-order valence-electron chi connectivity index (χ4n) is 3.06. The molecule has 1 aliphatic rings. The Morgan fingerprint density at radius 2 is 1.69 bits per heavy atom. The molecule has 1 saturated heterocycles. The van der Waals surface area contributed by atoms with Crippen LogP contribution in [0.1, 0.15) is 0 Å². The highest BCUT2D eigenvalue weighted by molar-refractivity contribution is 7.89. The highest BCUT2D eigenvalue weighted by Gasteiger charge is 2.29. The fourth-order valence-corrected chi connectivity index (χ4v) is 4.48. The second kappa shape index (κ2) is 8.10. The molecule has 150 valence electrons. The van der Waals surface area contributed by atoms with Crippen molar-refractivity contribution in [3.05, 3.63) is 66.7 Å². The second-order valence-corrected chi connectivity index (χ2v) is 8.43. The van der Waals surface area contributed by atoms with Crippen LogP contribution in [-0.4, -0.2) is 54.1 Å². The van der Waals surface area contributed by atoms with Gasteiger partial charge >= 0.3 is 0 Å². The number of aromatic nitrogens is 3. The van der Waals surface area contributed by atoms with Crippen molar-refractivity contribution in [1.82, 2.24) is 19.5 Å². The third kappa shape index (κ3) is 4.33. The molecule has 29 heavy (non-hydrogen) atoms. The molecule has 4 rings (SSSR count). The van der Waals surface area contributed by atoms with Crippen LogP contribution in [0.25, 0.3) is 0 Å². The normalized spacial score (nSPS) is 15.3. The second-order valence-electron chi connectivity index (χ2n) is 6.49. The van der Waals surface area contributed by atoms with Gasteiger partial charge in [0.1, 0.15) is 5.82 Å². The summed E-state index contributed by atoms with van der Waals surface area (Å²) in [7, 11) is -3.64. The lowest BCUT2D eigenvalue weighted by molar-refractivity contribution is 0.383. The monoisotopic (exact) mass is 414 g/mol. The minimum Gasteiger partial charge on any atom is -0.352 e. The Morgan fingerprint density at radius 1 is 0.931 bits per heavy atom. The molecule has 0 unspecified atom stereocenters. The highest BCUT2D eigenvalue weighted by atomic mass is 32.2. The van der Waals surface area contributed by atoms with Crippen molar-refractivity contribution in [3.8, 4) is 0 Å². The third-order valence-electron chi connectivity index (χ3n) is 4.60. The van der Waals surface area contributed by atoms with Crippen LogP contribution in [0.5, 0.6) is 0 Å². The van der Waals surface area contributed by atoms with E-state index in [4.69, 9.17) is 0 Å². The molecule has 0 bridgehead atoms. The van der Waals surface area contributed by atoms with Gasteiger partial charge in [0.15, 0.2) is 11.6 Å². The highest BCUT2D eigenvalue weighted by Crippen LogP contribution is 2.21. The van der Waals surface area contributed by atoms with Crippen molar-refractivity contribution < 1.29 is 12.8 Å². The van der Waals surface area contributed by atoms with E-state index in [0.29, 0.717) is 37.8 Å². The average molecular weight is 414 g/mol. The Hall–Kier alpha value is -3.11. The minimum absolute atomic E-state index is 0.0953. The number of hydrogen-bond donors (Lipinski definition) is 1. The topological polar surface area (TPSA) is 91.3 Å². The summed E-state index contributed by atoms with van der Waals surface area (Å²) in [4.78, 5) is 6.11. The van der Waals surface area contributed by atoms with E-state index in [1.165, 1.54) is 16.4 Å². The first kappa shape index (κ1) is 19.2. The number of nitrogens with one attached hydrogen (secondary N) is 1. The van der Waals surface area contributed by atoms with Crippen molar-refractivity contribution in [1.29, 1.82) is 0 Å². The molecule has 3 aromatic rings. The molecule has 0 spiro atoms. The van der Waals surface area contributed by atoms with Gasteiger partial charge in [-0.05, 0) is 48.5 Å². The SMILES string of the molecule is O=S(=O)(c1ccc(F)cc1)N1CCN(c2ccc(Nc3cccnc3)nn2)CC1. The summed E-state index contributed by atoms with van der Waals surface area (Å²) in [6, 6.07) is 12.2. The number of hydrogen-bond acceptors (Lipinski definition) is 7. The summed E-state index contributed by atoms with van der Waals surface area (Å²) >= 11 is 0. The molecule has 8 nitrogen and oxygen atoms in total. The largest absolute Gasteiger partial charge is 0.352 e. The smallest absolute Gasteiger partial charge is 0.243 e. The van der Waals surface area contributed by atoms with Crippen LogP contribution in [0.3, 0.4) is 0 Å². The van der Waals surface area contributed by atoms with E-state index in [-0.39, 0.29) is 4.90 Å². The number of nitrogens with zero attached hydrogens (tertiary/aromatic N) is 5. The minimum atomic E-state index is -3.64. The molecule has 0 radical (unpaired) electrons. The molecule has 0 amide bonds. The van der Waals surface area contributed by atoms with Crippen LogP contribution in [0.4, 0.5) is 21.7 Å². The van der Waals surface area contributed by atoms with Gasteiger partial charge in [-0.1, -0.05) is 0 Å². The van der Waals surface area contributed by atoms with Gasteiger partial charge in [0.2, 0.25) is 10.0 Å². The van der Waals surface area contributed by atoms with E-state index in [1.54, 1.807) is 12.4 Å². The number of anilines is 3. The Kier molecular flexibility index (Phi) is 5.36. The lowest BCUT2D eigenvalue weighted by Crippen LogP contribution is -2.49. The van der Waals surface area contributed by atoms with E-state index in [0.717, 1.165) is 17.8 Å². The van der Waals surface area contributed by atoms with Gasteiger partial charge in [-0.2, -0.15) is 4.31 Å². The molecule has 0 atom stereocenters. The zero-order valence-corrected chi connectivity index (χ0v) is 16.3. The zero-order valence-electron chi connectivity index (χ0n) is 15.4. The first-order chi connectivity index (χ1) is 14.0. The molecule has 0 aliphatic carbocycles. The first-order valence-electron chi connectivity index (χ1n) is 9.04. The van der Waals surface area contributed by atoms with Crippen LogP contribution < -0.4 is 10.2 Å². The summed E-state index contributed by atoms with van der Waals surface area (Å²) < 4.78 is 39.9. The number of benzene rings is 1. The van der Waals surface area contributed by atoms with Crippen LogP contribution in [0.15, 0.2) is 65.8 Å². The maximum Gasteiger partial charge on any atom is 0.243 e. The van der Waals surface area contributed by atoms with Gasteiger partial charge in [-0.3, -0.25) is 4.98 Å². The van der Waals surface area contributed by atoms with Gasteiger partial charge in [0.25, 0.3) is 0 Å². The lowest BCUT2D eigenvalue weighted by Gasteiger charge is -2.34. The molecule has 1 aromatic carbocycles. The molecule has 1 aliphatic heterocycles. The number of pyridine rings is 1. The molecule has 10 heteroatoms. The number of rotatable bonds is 5. The van der Waals surface area contributed by atoms with Crippen LogP contribution in [-0.2, 0) is 10.0 Å². The van der Waals surface area contributed by atoms with E-state index in [9.17, 15) is 12.8 Å². The van der Waals surface area contributed by atoms with Crippen LogP contribution >= 0.6 is 0 Å². The summed E-state index contributed by atoms with van der Waals surface area (Å²) in [5.41, 5.74) is 0.814. The van der Waals surface area contributed by atoms with Gasteiger partial charge in [-0.25, -0.2) is 12.8 Å². The molecule has 1 fully saturated rings. The Morgan fingerprint density at radius 3 is 2.31 bits per heavy atom. The molecule has 0 saturated carbocycles. The predicted molar refractivity (Wildman–Crippen MR) is 107 cm³/mol. The number of sulfonamides is 1. The van der Waals surface area contributed by atoms with Crippen molar-refractivity contribution in [2.24, 2.45) is 0 Å². The van der Waals surface area contributed by atoms with E-state index >= 15 is 0 Å². The van der Waals surface area contributed by atoms with Crippen molar-refractivity contribution >= 4 is 27.3 Å². The first-order valence-corrected chi connectivity index (χ1v) is 10.5. The predicted octanol–water partition coefficient (Wildman–Crippen LogP) is 2.27. The van der Waals surface area contributed by atoms with E-state index in [2.05, 4.69) is 20.5 Å². The van der Waals surface area contributed by atoms with Gasteiger partial charge in [-0.15, -0.1) is 10.2 Å². The Balaban J connectivity index is 1.38.